The van der Waals surface area contributed by atoms with E-state index in [1.807, 2.05) is 13.0 Å². The minimum absolute atomic E-state index is 0.0658. The monoisotopic (exact) mass is 323 g/mol. The minimum Gasteiger partial charge on any atom is -0.462 e. The van der Waals surface area contributed by atoms with Gasteiger partial charge in [0.05, 0.1) is 5.92 Å². The second-order valence-electron chi connectivity index (χ2n) is 7.97. The summed E-state index contributed by atoms with van der Waals surface area (Å²) in [6.07, 6.45) is 8.24. The number of hydrogen-bond donors (Lipinski definition) is 1. The third-order valence-electron chi connectivity index (χ3n) is 4.47. The van der Waals surface area contributed by atoms with Crippen LogP contribution in [0.15, 0.2) is 12.3 Å². The van der Waals surface area contributed by atoms with Gasteiger partial charge in [-0.1, -0.05) is 47.1 Å². The molecule has 1 heterocycles. The van der Waals surface area contributed by atoms with Crippen LogP contribution in [0.2, 0.25) is 0 Å². The van der Waals surface area contributed by atoms with Crippen LogP contribution in [0, 0.1) is 17.3 Å². The van der Waals surface area contributed by atoms with Crippen LogP contribution in [-0.4, -0.2) is 18.0 Å². The van der Waals surface area contributed by atoms with Gasteiger partial charge in [-0.25, -0.2) is 0 Å². The molecule has 3 atom stereocenters. The number of rotatable bonds is 0. The van der Waals surface area contributed by atoms with Gasteiger partial charge in [0.2, 0.25) is 5.91 Å². The summed E-state index contributed by atoms with van der Waals surface area (Å²) >= 11 is 0. The second kappa shape index (κ2) is 9.09. The molecule has 4 heteroatoms. The third kappa shape index (κ3) is 7.67. The van der Waals surface area contributed by atoms with Gasteiger partial charge in [-0.15, -0.1) is 0 Å². The van der Waals surface area contributed by atoms with Gasteiger partial charge in [0.1, 0.15) is 6.10 Å². The molecule has 23 heavy (non-hydrogen) atoms. The SMILES string of the molecule is C[C@@H]1CCCC(=O)N/C=C/CC[C@@H](C)C(=O)OC(C(C)(C)C)C1. The van der Waals surface area contributed by atoms with E-state index < -0.39 is 0 Å². The van der Waals surface area contributed by atoms with Crippen LogP contribution in [0.1, 0.15) is 73.1 Å². The van der Waals surface area contributed by atoms with Crippen LogP contribution in [0.25, 0.3) is 0 Å². The summed E-state index contributed by atoms with van der Waals surface area (Å²) in [6, 6.07) is 0. The maximum atomic E-state index is 12.4. The molecular formula is C19H33NO3. The van der Waals surface area contributed by atoms with Crippen LogP contribution in [0.4, 0.5) is 0 Å². The number of hydrogen-bond acceptors (Lipinski definition) is 3. The summed E-state index contributed by atoms with van der Waals surface area (Å²) in [5, 5.41) is 2.79. The summed E-state index contributed by atoms with van der Waals surface area (Å²) in [6.45, 7) is 10.4. The Morgan fingerprint density at radius 1 is 1.17 bits per heavy atom. The standard InChI is InChI=1S/C19H33NO3/c1-14-9-8-11-17(21)20-12-7-6-10-15(2)18(22)23-16(13-14)19(3,4)5/h7,12,14-16H,6,8-11,13H2,1-5H3,(H,20,21)/b12-7+/t14-,15-,16?/m1/s1. The minimum atomic E-state index is -0.124. The Morgan fingerprint density at radius 2 is 1.87 bits per heavy atom. The van der Waals surface area contributed by atoms with Crippen LogP contribution < -0.4 is 5.32 Å². The van der Waals surface area contributed by atoms with Gasteiger partial charge in [-0.2, -0.15) is 0 Å². The van der Waals surface area contributed by atoms with Gasteiger partial charge in [0.25, 0.3) is 0 Å². The first kappa shape index (κ1) is 19.7. The van der Waals surface area contributed by atoms with E-state index in [-0.39, 0.29) is 29.3 Å². The molecule has 1 rings (SSSR count). The Hall–Kier alpha value is -1.32. The first-order valence-electron chi connectivity index (χ1n) is 8.85. The Labute approximate surface area is 141 Å². The molecule has 0 spiro atoms. The number of ether oxygens (including phenoxy) is 1. The van der Waals surface area contributed by atoms with Crippen molar-refractivity contribution in [3.63, 3.8) is 0 Å². The topological polar surface area (TPSA) is 55.4 Å². The molecule has 0 aromatic carbocycles. The van der Waals surface area contributed by atoms with E-state index >= 15 is 0 Å². The number of carbonyl (C=O) groups excluding carboxylic acids is 2. The van der Waals surface area contributed by atoms with Gasteiger partial charge in [-0.3, -0.25) is 9.59 Å². The van der Waals surface area contributed by atoms with E-state index in [2.05, 4.69) is 33.0 Å². The van der Waals surface area contributed by atoms with E-state index in [0.29, 0.717) is 12.3 Å². The van der Waals surface area contributed by atoms with Crippen LogP contribution in [0.5, 0.6) is 0 Å². The summed E-state index contributed by atoms with van der Waals surface area (Å²) in [7, 11) is 0. The van der Waals surface area contributed by atoms with Crippen LogP contribution in [0.3, 0.4) is 0 Å². The summed E-state index contributed by atoms with van der Waals surface area (Å²) in [5.74, 6) is 0.261. The maximum absolute atomic E-state index is 12.4. The van der Waals surface area contributed by atoms with Crippen molar-refractivity contribution in [3.05, 3.63) is 12.3 Å². The van der Waals surface area contributed by atoms with Crippen molar-refractivity contribution < 1.29 is 14.3 Å². The molecule has 1 N–H and O–H groups in total. The third-order valence-corrected chi connectivity index (χ3v) is 4.47. The second-order valence-corrected chi connectivity index (χ2v) is 7.97. The number of nitrogens with one attached hydrogen (secondary N) is 1. The van der Waals surface area contributed by atoms with Crippen molar-refractivity contribution in [3.8, 4) is 0 Å². The molecule has 1 aliphatic rings. The van der Waals surface area contributed by atoms with Gasteiger partial charge >= 0.3 is 5.97 Å². The number of cyclic esters (lactones) is 1. The fourth-order valence-electron chi connectivity index (χ4n) is 2.70. The maximum Gasteiger partial charge on any atom is 0.308 e. The van der Waals surface area contributed by atoms with E-state index in [0.717, 1.165) is 32.1 Å². The molecule has 0 fully saturated rings. The fraction of sp³-hybridized carbons (Fsp3) is 0.789. The largest absolute Gasteiger partial charge is 0.462 e. The van der Waals surface area contributed by atoms with Crippen LogP contribution >= 0.6 is 0 Å². The molecule has 0 aromatic rings. The van der Waals surface area contributed by atoms with Crippen molar-refractivity contribution in [1.82, 2.24) is 5.32 Å². The molecule has 0 radical (unpaired) electrons. The fourth-order valence-corrected chi connectivity index (χ4v) is 2.70. The lowest BCUT2D eigenvalue weighted by Crippen LogP contribution is -2.35. The van der Waals surface area contributed by atoms with Crippen molar-refractivity contribution in [1.29, 1.82) is 0 Å². The molecule has 0 aromatic heterocycles. The van der Waals surface area contributed by atoms with Gasteiger partial charge in [0, 0.05) is 6.42 Å². The van der Waals surface area contributed by atoms with E-state index in [4.69, 9.17) is 4.74 Å². The van der Waals surface area contributed by atoms with Gasteiger partial charge in [-0.05, 0) is 43.2 Å². The predicted octanol–water partition coefficient (Wildman–Crippen LogP) is 4.20. The molecule has 0 saturated heterocycles. The molecule has 1 aliphatic heterocycles. The summed E-state index contributed by atoms with van der Waals surface area (Å²) in [4.78, 5) is 24.1. The molecule has 132 valence electrons. The van der Waals surface area contributed by atoms with Crippen molar-refractivity contribution >= 4 is 11.9 Å². The predicted molar refractivity (Wildman–Crippen MR) is 92.6 cm³/mol. The average molecular weight is 323 g/mol. The first-order chi connectivity index (χ1) is 10.7. The Bertz CT molecular complexity index is 423. The highest BCUT2D eigenvalue weighted by Gasteiger charge is 2.31. The lowest BCUT2D eigenvalue weighted by Gasteiger charge is -2.33. The van der Waals surface area contributed by atoms with Crippen molar-refractivity contribution in [2.45, 2.75) is 79.2 Å². The Balaban J connectivity index is 2.80. The van der Waals surface area contributed by atoms with Gasteiger partial charge < -0.3 is 10.1 Å². The van der Waals surface area contributed by atoms with E-state index in [1.54, 1.807) is 6.20 Å². The van der Waals surface area contributed by atoms with Gasteiger partial charge in [0.15, 0.2) is 0 Å². The van der Waals surface area contributed by atoms with Crippen molar-refractivity contribution in [2.75, 3.05) is 0 Å². The van der Waals surface area contributed by atoms with Crippen LogP contribution in [-0.2, 0) is 14.3 Å². The lowest BCUT2D eigenvalue weighted by molar-refractivity contribution is -0.160. The molecule has 1 amide bonds. The highest BCUT2D eigenvalue weighted by molar-refractivity contribution is 5.76. The molecule has 0 bridgehead atoms. The molecule has 0 aliphatic carbocycles. The number of esters is 1. The zero-order valence-corrected chi connectivity index (χ0v) is 15.4. The smallest absolute Gasteiger partial charge is 0.308 e. The number of amides is 1. The molecule has 4 nitrogen and oxygen atoms in total. The van der Waals surface area contributed by atoms with E-state index in [1.165, 1.54) is 0 Å². The Morgan fingerprint density at radius 3 is 2.52 bits per heavy atom. The Kier molecular flexibility index (Phi) is 7.80. The number of allylic oxidation sites excluding steroid dienone is 1. The number of carbonyl (C=O) groups is 2. The quantitative estimate of drug-likeness (QED) is 0.680. The molecule has 1 unspecified atom stereocenters. The average Bonchev–Trinajstić information content (AvgIpc) is 2.44. The first-order valence-corrected chi connectivity index (χ1v) is 8.85. The highest BCUT2D eigenvalue weighted by Crippen LogP contribution is 2.30. The van der Waals surface area contributed by atoms with Crippen molar-refractivity contribution in [2.24, 2.45) is 17.3 Å². The zero-order chi connectivity index (χ0) is 17.5. The highest BCUT2D eigenvalue weighted by atomic mass is 16.5. The zero-order valence-electron chi connectivity index (χ0n) is 15.4. The normalized spacial score (nSPS) is 30.6. The summed E-state index contributed by atoms with van der Waals surface area (Å²) in [5.41, 5.74) is -0.0745. The lowest BCUT2D eigenvalue weighted by atomic mass is 9.82. The molecular weight excluding hydrogens is 290 g/mol. The summed E-state index contributed by atoms with van der Waals surface area (Å²) < 4.78 is 5.85. The molecule has 0 saturated carbocycles. The van der Waals surface area contributed by atoms with E-state index in [9.17, 15) is 9.59 Å².